The Balaban J connectivity index is 1.45. The average Bonchev–Trinajstić information content (AvgIpc) is 3.14. The summed E-state index contributed by atoms with van der Waals surface area (Å²) in [6, 6.07) is 5.95. The maximum Gasteiger partial charge on any atom is 0.260 e. The highest BCUT2D eigenvalue weighted by atomic mass is 35.5. The van der Waals surface area contributed by atoms with Gasteiger partial charge in [0.1, 0.15) is 0 Å². The van der Waals surface area contributed by atoms with Gasteiger partial charge in [-0.15, -0.1) is 0 Å². The number of rotatable bonds is 7. The van der Waals surface area contributed by atoms with Crippen LogP contribution in [0.2, 0.25) is 5.02 Å². The molecule has 0 bridgehead atoms. The van der Waals surface area contributed by atoms with E-state index < -0.39 is 17.5 Å². The number of carbonyl (C=O) groups is 1. The number of hydrogen-bond acceptors (Lipinski definition) is 3. The quantitative estimate of drug-likeness (QED) is 0.336. The Labute approximate surface area is 192 Å². The van der Waals surface area contributed by atoms with Crippen LogP contribution in [-0.4, -0.2) is 19.6 Å². The van der Waals surface area contributed by atoms with Crippen LogP contribution in [-0.2, 0) is 6.54 Å². The SMILES string of the molecule is COc1ccc(N2Cc3c(F)c(F)cc(Cl)c3C2=O)cc1OCCCC1CCC(C)CC1. The Hall–Kier alpha value is -2.34. The van der Waals surface area contributed by atoms with Crippen molar-refractivity contribution in [1.29, 1.82) is 0 Å². The third-order valence-corrected chi connectivity index (χ3v) is 6.95. The molecule has 0 spiro atoms. The van der Waals surface area contributed by atoms with Crippen molar-refractivity contribution in [2.24, 2.45) is 11.8 Å². The molecule has 2 aromatic rings. The van der Waals surface area contributed by atoms with Crippen molar-refractivity contribution in [3.63, 3.8) is 0 Å². The topological polar surface area (TPSA) is 38.8 Å². The van der Waals surface area contributed by atoms with E-state index in [4.69, 9.17) is 21.1 Å². The van der Waals surface area contributed by atoms with Gasteiger partial charge in [0, 0.05) is 17.3 Å². The summed E-state index contributed by atoms with van der Waals surface area (Å²) in [5, 5.41) is -0.0894. The highest BCUT2D eigenvalue weighted by molar-refractivity contribution is 6.35. The molecule has 172 valence electrons. The minimum Gasteiger partial charge on any atom is -0.493 e. The average molecular weight is 464 g/mol. The zero-order valence-electron chi connectivity index (χ0n) is 18.4. The van der Waals surface area contributed by atoms with Crippen molar-refractivity contribution in [2.75, 3.05) is 18.6 Å². The molecule has 2 aliphatic rings. The number of ether oxygens (including phenoxy) is 2. The van der Waals surface area contributed by atoms with Gasteiger partial charge >= 0.3 is 0 Å². The van der Waals surface area contributed by atoms with Crippen molar-refractivity contribution < 1.29 is 23.0 Å². The van der Waals surface area contributed by atoms with Gasteiger partial charge in [-0.2, -0.15) is 0 Å². The van der Waals surface area contributed by atoms with Crippen LogP contribution in [0, 0.1) is 23.5 Å². The predicted molar refractivity (Wildman–Crippen MR) is 121 cm³/mol. The fraction of sp³-hybridized carbons (Fsp3) is 0.480. The molecule has 1 amide bonds. The van der Waals surface area contributed by atoms with Crippen molar-refractivity contribution in [1.82, 2.24) is 0 Å². The number of nitrogens with zero attached hydrogens (tertiary/aromatic N) is 1. The Morgan fingerprint density at radius 2 is 1.88 bits per heavy atom. The summed E-state index contributed by atoms with van der Waals surface area (Å²) in [5.41, 5.74) is 0.491. The molecule has 0 aromatic heterocycles. The molecule has 7 heteroatoms. The van der Waals surface area contributed by atoms with E-state index in [1.807, 2.05) is 0 Å². The van der Waals surface area contributed by atoms with Crippen LogP contribution >= 0.6 is 11.6 Å². The zero-order chi connectivity index (χ0) is 22.8. The minimum absolute atomic E-state index is 0.00523. The second kappa shape index (κ2) is 9.65. The van der Waals surface area contributed by atoms with Gasteiger partial charge in [0.25, 0.3) is 5.91 Å². The van der Waals surface area contributed by atoms with Gasteiger partial charge in [-0.25, -0.2) is 8.78 Å². The Morgan fingerprint density at radius 1 is 1.12 bits per heavy atom. The van der Waals surface area contributed by atoms with Crippen LogP contribution < -0.4 is 14.4 Å². The zero-order valence-corrected chi connectivity index (χ0v) is 19.2. The van der Waals surface area contributed by atoms with E-state index in [2.05, 4.69) is 6.92 Å². The van der Waals surface area contributed by atoms with Crippen LogP contribution in [0.15, 0.2) is 24.3 Å². The third-order valence-electron chi connectivity index (χ3n) is 6.65. The van der Waals surface area contributed by atoms with Gasteiger partial charge in [-0.05, 0) is 42.9 Å². The van der Waals surface area contributed by atoms with E-state index in [9.17, 15) is 13.6 Å². The fourth-order valence-electron chi connectivity index (χ4n) is 4.72. The lowest BCUT2D eigenvalue weighted by Gasteiger charge is -2.26. The number of amides is 1. The van der Waals surface area contributed by atoms with Gasteiger partial charge < -0.3 is 14.4 Å². The predicted octanol–water partition coefficient (Wildman–Crippen LogP) is 6.77. The molecule has 4 rings (SSSR count). The molecule has 0 N–H and O–H groups in total. The summed E-state index contributed by atoms with van der Waals surface area (Å²) >= 11 is 6.03. The van der Waals surface area contributed by atoms with E-state index in [1.54, 1.807) is 25.3 Å². The van der Waals surface area contributed by atoms with Crippen LogP contribution in [0.3, 0.4) is 0 Å². The number of carbonyl (C=O) groups excluding carboxylic acids is 1. The van der Waals surface area contributed by atoms with E-state index in [0.717, 1.165) is 30.7 Å². The molecule has 2 aromatic carbocycles. The monoisotopic (exact) mass is 463 g/mol. The molecule has 1 heterocycles. The Morgan fingerprint density at radius 3 is 2.59 bits per heavy atom. The molecular formula is C25H28ClF2NO3. The lowest BCUT2D eigenvalue weighted by molar-refractivity contribution is 0.0996. The summed E-state index contributed by atoms with van der Waals surface area (Å²) in [7, 11) is 1.56. The van der Waals surface area contributed by atoms with Crippen molar-refractivity contribution in [2.45, 2.75) is 52.0 Å². The first kappa shape index (κ1) is 22.8. The van der Waals surface area contributed by atoms with E-state index in [-0.39, 0.29) is 22.7 Å². The van der Waals surface area contributed by atoms with Crippen molar-refractivity contribution in [3.8, 4) is 11.5 Å². The van der Waals surface area contributed by atoms with Crippen LogP contribution in [0.1, 0.15) is 61.4 Å². The molecule has 1 saturated carbocycles. The van der Waals surface area contributed by atoms with Crippen LogP contribution in [0.5, 0.6) is 11.5 Å². The van der Waals surface area contributed by atoms with E-state index in [0.29, 0.717) is 23.8 Å². The van der Waals surface area contributed by atoms with E-state index in [1.165, 1.54) is 30.6 Å². The lowest BCUT2D eigenvalue weighted by Crippen LogP contribution is -2.23. The second-order valence-electron chi connectivity index (χ2n) is 8.85. The van der Waals surface area contributed by atoms with Gasteiger partial charge in [-0.3, -0.25) is 4.79 Å². The molecule has 0 atom stereocenters. The number of fused-ring (bicyclic) bond motifs is 1. The number of anilines is 1. The Kier molecular flexibility index (Phi) is 6.89. The lowest BCUT2D eigenvalue weighted by atomic mass is 9.81. The van der Waals surface area contributed by atoms with Gasteiger partial charge in [0.2, 0.25) is 0 Å². The highest BCUT2D eigenvalue weighted by Crippen LogP contribution is 2.39. The number of halogens is 3. The summed E-state index contributed by atoms with van der Waals surface area (Å²) in [4.78, 5) is 14.3. The van der Waals surface area contributed by atoms with Crippen LogP contribution in [0.4, 0.5) is 14.5 Å². The normalized spacial score (nSPS) is 20.4. The first-order valence-electron chi connectivity index (χ1n) is 11.2. The van der Waals surface area contributed by atoms with Crippen LogP contribution in [0.25, 0.3) is 0 Å². The summed E-state index contributed by atoms with van der Waals surface area (Å²) in [5.74, 6) is 0.115. The molecule has 1 aliphatic carbocycles. The standard InChI is InChI=1S/C25H28ClF2NO3/c1-15-5-7-16(8-6-15)4-3-11-32-22-12-17(9-10-21(22)31-2)29-14-18-23(25(29)30)19(26)13-20(27)24(18)28/h9-10,12-13,15-16H,3-8,11,14H2,1-2H3. The minimum atomic E-state index is -1.06. The summed E-state index contributed by atoms with van der Waals surface area (Å²) in [6.07, 6.45) is 7.28. The first-order chi connectivity index (χ1) is 15.4. The molecule has 4 nitrogen and oxygen atoms in total. The molecule has 0 radical (unpaired) electrons. The van der Waals surface area contributed by atoms with Gasteiger partial charge in [0.05, 0.1) is 30.8 Å². The van der Waals surface area contributed by atoms with Gasteiger partial charge in [-0.1, -0.05) is 44.2 Å². The highest BCUT2D eigenvalue weighted by Gasteiger charge is 2.35. The Bertz CT molecular complexity index is 1010. The molecular weight excluding hydrogens is 436 g/mol. The van der Waals surface area contributed by atoms with Crippen molar-refractivity contribution >= 4 is 23.2 Å². The fourth-order valence-corrected chi connectivity index (χ4v) is 5.01. The largest absolute Gasteiger partial charge is 0.493 e. The second-order valence-corrected chi connectivity index (χ2v) is 9.26. The summed E-state index contributed by atoms with van der Waals surface area (Å²) < 4.78 is 39.4. The van der Waals surface area contributed by atoms with Crippen molar-refractivity contribution in [3.05, 3.63) is 52.0 Å². The van der Waals surface area contributed by atoms with E-state index >= 15 is 0 Å². The first-order valence-corrected chi connectivity index (χ1v) is 11.6. The number of benzene rings is 2. The molecule has 0 unspecified atom stereocenters. The third kappa shape index (κ3) is 4.56. The number of hydrogen-bond donors (Lipinski definition) is 0. The van der Waals surface area contributed by atoms with Gasteiger partial charge in [0.15, 0.2) is 23.1 Å². The summed E-state index contributed by atoms with van der Waals surface area (Å²) in [6.45, 7) is 2.77. The smallest absolute Gasteiger partial charge is 0.260 e. The molecule has 0 saturated heterocycles. The maximum atomic E-state index is 14.3. The molecule has 1 fully saturated rings. The number of methoxy groups -OCH3 is 1. The maximum absolute atomic E-state index is 14.3. The molecule has 1 aliphatic heterocycles. The molecule has 32 heavy (non-hydrogen) atoms.